The van der Waals surface area contributed by atoms with E-state index < -0.39 is 5.82 Å². The lowest BCUT2D eigenvalue weighted by Crippen LogP contribution is -2.42. The third-order valence-corrected chi connectivity index (χ3v) is 3.75. The van der Waals surface area contributed by atoms with Crippen LogP contribution in [0, 0.1) is 5.82 Å². The van der Waals surface area contributed by atoms with E-state index in [9.17, 15) is 9.18 Å². The van der Waals surface area contributed by atoms with Crippen LogP contribution in [0.5, 0.6) is 0 Å². The normalized spacial score (nSPS) is 17.6. The van der Waals surface area contributed by atoms with E-state index in [0.29, 0.717) is 31.3 Å². The van der Waals surface area contributed by atoms with Crippen molar-refractivity contribution in [1.82, 2.24) is 19.9 Å². The molecule has 7 nitrogen and oxygen atoms in total. The van der Waals surface area contributed by atoms with Gasteiger partial charge in [0.2, 0.25) is 5.95 Å². The van der Waals surface area contributed by atoms with Gasteiger partial charge in [0.15, 0.2) is 5.82 Å². The monoisotopic (exact) mass is 331 g/mol. The third-order valence-electron chi connectivity index (χ3n) is 3.75. The van der Waals surface area contributed by atoms with Gasteiger partial charge in [0.05, 0.1) is 30.6 Å². The number of hydrogen-bond acceptors (Lipinski definition) is 6. The molecular formula is C16H18FN5O2. The molecule has 8 heteroatoms. The lowest BCUT2D eigenvalue weighted by molar-refractivity contribution is -0.0248. The molecule has 1 saturated heterocycles. The van der Waals surface area contributed by atoms with Crippen LogP contribution in [0.4, 0.5) is 10.3 Å². The minimum atomic E-state index is -0.623. The maximum Gasteiger partial charge on any atom is 0.257 e. The second-order valence-electron chi connectivity index (χ2n) is 5.64. The van der Waals surface area contributed by atoms with E-state index in [1.165, 1.54) is 12.3 Å². The van der Waals surface area contributed by atoms with Crippen LogP contribution in [-0.2, 0) is 4.74 Å². The Morgan fingerprint density at radius 2 is 2.21 bits per heavy atom. The van der Waals surface area contributed by atoms with Crippen molar-refractivity contribution in [2.45, 2.75) is 6.10 Å². The van der Waals surface area contributed by atoms with Crippen LogP contribution in [0.15, 0.2) is 30.7 Å². The van der Waals surface area contributed by atoms with Gasteiger partial charge in [-0.2, -0.15) is 0 Å². The highest BCUT2D eigenvalue weighted by Crippen LogP contribution is 2.23. The Balaban J connectivity index is 1.78. The van der Waals surface area contributed by atoms with Gasteiger partial charge in [-0.15, -0.1) is 0 Å². The van der Waals surface area contributed by atoms with Gasteiger partial charge in [-0.3, -0.25) is 9.78 Å². The number of morpholine rings is 1. The molecule has 2 aromatic rings. The zero-order valence-corrected chi connectivity index (χ0v) is 13.5. The zero-order chi connectivity index (χ0) is 17.1. The summed E-state index contributed by atoms with van der Waals surface area (Å²) in [6.07, 6.45) is 3.74. The molecule has 0 bridgehead atoms. The van der Waals surface area contributed by atoms with Crippen molar-refractivity contribution in [2.24, 2.45) is 0 Å². The fourth-order valence-corrected chi connectivity index (χ4v) is 2.49. The van der Waals surface area contributed by atoms with Crippen molar-refractivity contribution in [2.75, 3.05) is 38.7 Å². The number of ether oxygens (including phenoxy) is 1. The molecule has 1 aliphatic heterocycles. The summed E-state index contributed by atoms with van der Waals surface area (Å²) in [5.41, 5.74) is 0.712. The van der Waals surface area contributed by atoms with Crippen LogP contribution >= 0.6 is 0 Å². The molecule has 1 fully saturated rings. The number of pyridine rings is 1. The van der Waals surface area contributed by atoms with E-state index >= 15 is 0 Å². The molecular weight excluding hydrogens is 313 g/mol. The molecule has 1 aliphatic rings. The molecule has 0 saturated carbocycles. The lowest BCUT2D eigenvalue weighted by Gasteiger charge is -2.33. The summed E-state index contributed by atoms with van der Waals surface area (Å²) in [6, 6.07) is 3.15. The average Bonchev–Trinajstić information content (AvgIpc) is 2.62. The highest BCUT2D eigenvalue weighted by molar-refractivity contribution is 5.94. The van der Waals surface area contributed by atoms with Gasteiger partial charge in [0.25, 0.3) is 5.91 Å². The maximum atomic E-state index is 13.8. The van der Waals surface area contributed by atoms with Gasteiger partial charge < -0.3 is 14.5 Å². The van der Waals surface area contributed by atoms with Crippen LogP contribution in [-0.4, -0.2) is 59.6 Å². The standard InChI is InChI=1S/C16H18FN5O2/c1-21(2)16-19-6-4-13(20-16)14-10-22(7-8-24-14)15(23)11-3-5-18-9-12(11)17/h3-6,9,14H,7-8,10H2,1-2H3. The molecule has 1 amide bonds. The van der Waals surface area contributed by atoms with Crippen LogP contribution < -0.4 is 4.90 Å². The van der Waals surface area contributed by atoms with Gasteiger partial charge >= 0.3 is 0 Å². The van der Waals surface area contributed by atoms with E-state index in [4.69, 9.17) is 4.74 Å². The number of carbonyl (C=O) groups is 1. The van der Waals surface area contributed by atoms with Crippen molar-refractivity contribution in [1.29, 1.82) is 0 Å². The van der Waals surface area contributed by atoms with E-state index in [0.717, 1.165) is 6.20 Å². The number of aromatic nitrogens is 3. The molecule has 0 spiro atoms. The second-order valence-corrected chi connectivity index (χ2v) is 5.64. The maximum absolute atomic E-state index is 13.8. The van der Waals surface area contributed by atoms with Crippen molar-refractivity contribution < 1.29 is 13.9 Å². The molecule has 0 aromatic carbocycles. The number of rotatable bonds is 3. The van der Waals surface area contributed by atoms with E-state index in [1.807, 2.05) is 14.1 Å². The van der Waals surface area contributed by atoms with Crippen LogP contribution in [0.3, 0.4) is 0 Å². The molecule has 1 unspecified atom stereocenters. The summed E-state index contributed by atoms with van der Waals surface area (Å²) in [6.45, 7) is 1.08. The molecule has 3 rings (SSSR count). The highest BCUT2D eigenvalue weighted by atomic mass is 19.1. The topological polar surface area (TPSA) is 71.5 Å². The van der Waals surface area contributed by atoms with Gasteiger partial charge in [-0.25, -0.2) is 14.4 Å². The Morgan fingerprint density at radius 1 is 1.38 bits per heavy atom. The Bertz CT molecular complexity index is 740. The summed E-state index contributed by atoms with van der Waals surface area (Å²) < 4.78 is 19.5. The van der Waals surface area contributed by atoms with Crippen molar-refractivity contribution in [3.63, 3.8) is 0 Å². The number of hydrogen-bond donors (Lipinski definition) is 0. The van der Waals surface area contributed by atoms with E-state index in [-0.39, 0.29) is 17.6 Å². The quantitative estimate of drug-likeness (QED) is 0.844. The first-order chi connectivity index (χ1) is 11.6. The predicted octanol–water partition coefficient (Wildman–Crippen LogP) is 1.29. The first-order valence-corrected chi connectivity index (χ1v) is 7.57. The molecule has 0 N–H and O–H groups in total. The summed E-state index contributed by atoms with van der Waals surface area (Å²) in [5, 5.41) is 0. The average molecular weight is 331 g/mol. The molecule has 126 valence electrons. The van der Waals surface area contributed by atoms with Crippen LogP contribution in [0.1, 0.15) is 22.2 Å². The van der Waals surface area contributed by atoms with Crippen LogP contribution in [0.2, 0.25) is 0 Å². The smallest absolute Gasteiger partial charge is 0.257 e. The van der Waals surface area contributed by atoms with Gasteiger partial charge in [-0.05, 0) is 12.1 Å². The third kappa shape index (κ3) is 3.33. The number of amides is 1. The fraction of sp³-hybridized carbons (Fsp3) is 0.375. The fourth-order valence-electron chi connectivity index (χ4n) is 2.49. The number of carbonyl (C=O) groups excluding carboxylic acids is 1. The summed E-state index contributed by atoms with van der Waals surface area (Å²) in [7, 11) is 3.70. The Labute approximate surface area is 139 Å². The Kier molecular flexibility index (Phi) is 4.66. The second kappa shape index (κ2) is 6.88. The van der Waals surface area contributed by atoms with E-state index in [1.54, 1.807) is 22.1 Å². The SMILES string of the molecule is CN(C)c1nccc(C2CN(C(=O)c3ccncc3F)CCO2)n1. The summed E-state index contributed by atoms with van der Waals surface area (Å²) in [5.74, 6) is -0.424. The number of halogens is 1. The van der Waals surface area contributed by atoms with Crippen molar-refractivity contribution >= 4 is 11.9 Å². The van der Waals surface area contributed by atoms with Crippen LogP contribution in [0.25, 0.3) is 0 Å². The number of anilines is 1. The zero-order valence-electron chi connectivity index (χ0n) is 13.5. The Morgan fingerprint density at radius 3 is 2.96 bits per heavy atom. The molecule has 0 aliphatic carbocycles. The first kappa shape index (κ1) is 16.3. The summed E-state index contributed by atoms with van der Waals surface area (Å²) in [4.78, 5) is 28.2. The molecule has 1 atom stereocenters. The number of nitrogens with zero attached hydrogens (tertiary/aromatic N) is 5. The van der Waals surface area contributed by atoms with Gasteiger partial charge in [0.1, 0.15) is 6.10 Å². The van der Waals surface area contributed by atoms with Crippen molar-refractivity contribution in [3.05, 3.63) is 47.8 Å². The molecule has 24 heavy (non-hydrogen) atoms. The molecule has 0 radical (unpaired) electrons. The van der Waals surface area contributed by atoms with Crippen molar-refractivity contribution in [3.8, 4) is 0 Å². The largest absolute Gasteiger partial charge is 0.368 e. The summed E-state index contributed by atoms with van der Waals surface area (Å²) >= 11 is 0. The molecule has 2 aromatic heterocycles. The van der Waals surface area contributed by atoms with E-state index in [2.05, 4.69) is 15.0 Å². The first-order valence-electron chi connectivity index (χ1n) is 7.57. The minimum absolute atomic E-state index is 0.0160. The highest BCUT2D eigenvalue weighted by Gasteiger charge is 2.28. The lowest BCUT2D eigenvalue weighted by atomic mass is 10.1. The minimum Gasteiger partial charge on any atom is -0.368 e. The van der Waals surface area contributed by atoms with Gasteiger partial charge in [-0.1, -0.05) is 0 Å². The predicted molar refractivity (Wildman–Crippen MR) is 85.2 cm³/mol. The molecule has 3 heterocycles. The van der Waals surface area contributed by atoms with Gasteiger partial charge in [0, 0.05) is 33.0 Å². The Hall–Kier alpha value is -2.61.